The monoisotopic (exact) mass is 725 g/mol. The highest BCUT2D eigenvalue weighted by atomic mass is 32.2. The smallest absolute Gasteiger partial charge is 0.405 e. The van der Waals surface area contributed by atoms with Gasteiger partial charge in [0.15, 0.2) is 0 Å². The van der Waals surface area contributed by atoms with Crippen LogP contribution in [0.1, 0.15) is 72.6 Å². The number of aromatic nitrogens is 1. The Morgan fingerprint density at radius 2 is 1.82 bits per heavy atom. The number of pyridine rings is 1. The number of hydrogen-bond donors (Lipinski definition) is 4. The lowest BCUT2D eigenvalue weighted by molar-refractivity contribution is -0.142. The van der Waals surface area contributed by atoms with E-state index < -0.39 is 74.7 Å². The molecular weight excluding hydrogens is 678 g/mol. The zero-order valence-corrected chi connectivity index (χ0v) is 30.1. The Bertz CT molecular complexity index is 1830. The molecule has 14 nitrogen and oxygen atoms in total. The minimum atomic E-state index is -3.90. The van der Waals surface area contributed by atoms with Crippen molar-refractivity contribution in [3.05, 3.63) is 42.6 Å². The molecule has 51 heavy (non-hydrogen) atoms. The average molecular weight is 726 g/mol. The van der Waals surface area contributed by atoms with Crippen molar-refractivity contribution in [2.24, 2.45) is 17.8 Å². The van der Waals surface area contributed by atoms with E-state index in [0.717, 1.165) is 11.8 Å². The highest BCUT2D eigenvalue weighted by Crippen LogP contribution is 2.46. The first-order chi connectivity index (χ1) is 24.2. The second-order valence-corrected chi connectivity index (χ2v) is 16.8. The van der Waals surface area contributed by atoms with Crippen molar-refractivity contribution in [1.29, 1.82) is 0 Å². The third kappa shape index (κ3) is 7.92. The van der Waals surface area contributed by atoms with Gasteiger partial charge in [-0.2, -0.15) is 0 Å². The Morgan fingerprint density at radius 1 is 1.10 bits per heavy atom. The lowest BCUT2D eigenvalue weighted by Crippen LogP contribution is -2.59. The highest BCUT2D eigenvalue weighted by Gasteiger charge is 2.62. The lowest BCUT2D eigenvalue weighted by atomic mass is 9.88. The number of ether oxygens (including phenoxy) is 2. The molecule has 0 spiro atoms. The molecule has 15 heteroatoms. The van der Waals surface area contributed by atoms with E-state index in [0.29, 0.717) is 36.8 Å². The Labute approximate surface area is 297 Å². The predicted octanol–water partition coefficient (Wildman–Crippen LogP) is 3.50. The molecule has 3 heterocycles. The predicted molar refractivity (Wildman–Crippen MR) is 187 cm³/mol. The molecule has 3 fully saturated rings. The summed E-state index contributed by atoms with van der Waals surface area (Å²) in [5.41, 5.74) is -1.52. The van der Waals surface area contributed by atoms with Gasteiger partial charge in [0.05, 0.1) is 24.1 Å². The molecule has 2 aliphatic heterocycles. The molecule has 1 saturated heterocycles. The second kappa shape index (κ2) is 14.3. The number of nitrogens with zero attached hydrogens (tertiary/aromatic N) is 2. The van der Waals surface area contributed by atoms with E-state index in [2.05, 4.69) is 20.3 Å². The van der Waals surface area contributed by atoms with Crippen molar-refractivity contribution in [2.45, 2.75) is 108 Å². The van der Waals surface area contributed by atoms with Gasteiger partial charge in [-0.25, -0.2) is 18.2 Å². The van der Waals surface area contributed by atoms with Crippen LogP contribution >= 0.6 is 0 Å². The number of benzene rings is 1. The van der Waals surface area contributed by atoms with Crippen molar-refractivity contribution in [3.63, 3.8) is 0 Å². The summed E-state index contributed by atoms with van der Waals surface area (Å²) >= 11 is 0. The summed E-state index contributed by atoms with van der Waals surface area (Å²) in [7, 11) is -3.90. The van der Waals surface area contributed by atoms with Gasteiger partial charge >= 0.3 is 6.09 Å². The van der Waals surface area contributed by atoms with Crippen LogP contribution in [0.2, 0.25) is 0 Å². The van der Waals surface area contributed by atoms with E-state index in [4.69, 9.17) is 9.47 Å². The van der Waals surface area contributed by atoms with Gasteiger partial charge in [-0.1, -0.05) is 44.2 Å². The van der Waals surface area contributed by atoms with Crippen LogP contribution in [0.5, 0.6) is 11.6 Å². The fourth-order valence-electron chi connectivity index (χ4n) is 7.37. The van der Waals surface area contributed by atoms with E-state index in [1.54, 1.807) is 6.20 Å². The zero-order chi connectivity index (χ0) is 36.7. The maximum Gasteiger partial charge on any atom is 0.405 e. The van der Waals surface area contributed by atoms with Crippen LogP contribution < -0.4 is 24.8 Å². The van der Waals surface area contributed by atoms with Crippen LogP contribution in [0.4, 0.5) is 4.79 Å². The molecule has 0 bridgehead atoms. The third-order valence-corrected chi connectivity index (χ3v) is 12.1. The number of amides is 4. The number of hydrogen-bond acceptors (Lipinski definition) is 9. The molecule has 1 aromatic heterocycles. The van der Waals surface area contributed by atoms with Crippen LogP contribution in [0, 0.1) is 17.8 Å². The van der Waals surface area contributed by atoms with E-state index >= 15 is 0 Å². The SMILES string of the molecule is CC(C)Oc1cnc(O[C@@H]2C[C@H]3C(=O)N[C@]4(C(=O)NS(=O)(=O)C5CC5)C[C@H]4/C=C\CC[C@@H](C)C[C@@H](C)[C@H](NC(=O)O)C(=O)N3C2)c2ccccc12. The summed E-state index contributed by atoms with van der Waals surface area (Å²) in [6.45, 7) is 7.61. The maximum atomic E-state index is 14.4. The third-order valence-electron chi connectivity index (χ3n) is 10.3. The molecule has 0 radical (unpaired) electrons. The molecule has 2 aromatic rings. The standard InChI is InChI=1S/C36H47N5O9S/c1-20(2)49-29-18-37-32(27-12-8-7-11-26(27)29)50-24-16-28-31(42)39-36(34(44)40-51(47,48)25-13-14-25)17-23(36)10-6-5-9-21(3)15-22(4)30(38-35(45)46)33(43)41(28)19-24/h6-8,10-12,18,20-25,28,30,38H,5,9,13-17,19H2,1-4H3,(H,39,42)(H,40,44)(H,45,46)/b10-6-/t21-,22-,23-,24-,28+,30+,36-/m1/s1. The summed E-state index contributed by atoms with van der Waals surface area (Å²) in [5, 5.41) is 15.8. The number of rotatable bonds is 8. The molecule has 4 N–H and O–H groups in total. The maximum absolute atomic E-state index is 14.4. The first-order valence-electron chi connectivity index (χ1n) is 17.7. The molecule has 1 aromatic carbocycles. The Hall–Kier alpha value is -4.40. The van der Waals surface area contributed by atoms with Crippen LogP contribution in [0.3, 0.4) is 0 Å². The molecule has 6 rings (SSSR count). The Morgan fingerprint density at radius 3 is 2.51 bits per heavy atom. The van der Waals surface area contributed by atoms with Gasteiger partial charge in [0.2, 0.25) is 27.7 Å². The normalized spacial score (nSPS) is 30.6. The van der Waals surface area contributed by atoms with Gasteiger partial charge in [0.1, 0.15) is 29.5 Å². The van der Waals surface area contributed by atoms with Gasteiger partial charge in [0, 0.05) is 23.1 Å². The molecule has 2 aliphatic carbocycles. The zero-order valence-electron chi connectivity index (χ0n) is 29.3. The number of carboxylic acid groups (broad SMARTS) is 1. The molecule has 276 valence electrons. The average Bonchev–Trinajstić information content (AvgIpc) is 3.99. The number of carbonyl (C=O) groups is 4. The largest absolute Gasteiger partial charge is 0.489 e. The number of fused-ring (bicyclic) bond motifs is 3. The first-order valence-corrected chi connectivity index (χ1v) is 19.3. The quantitative estimate of drug-likeness (QED) is 0.293. The van der Waals surface area contributed by atoms with Crippen molar-refractivity contribution in [1.82, 2.24) is 25.2 Å². The minimum Gasteiger partial charge on any atom is -0.489 e. The van der Waals surface area contributed by atoms with E-state index in [9.17, 15) is 32.7 Å². The van der Waals surface area contributed by atoms with Crippen molar-refractivity contribution in [3.8, 4) is 11.6 Å². The highest BCUT2D eigenvalue weighted by molar-refractivity contribution is 7.91. The van der Waals surface area contributed by atoms with Crippen LogP contribution in [-0.2, 0) is 24.4 Å². The fourth-order valence-corrected chi connectivity index (χ4v) is 8.74. The van der Waals surface area contributed by atoms with E-state index in [1.165, 1.54) is 4.90 Å². The van der Waals surface area contributed by atoms with E-state index in [-0.39, 0.29) is 37.3 Å². The van der Waals surface area contributed by atoms with Gasteiger partial charge in [-0.05, 0) is 70.3 Å². The number of nitrogens with one attached hydrogen (secondary N) is 3. The van der Waals surface area contributed by atoms with Gasteiger partial charge in [-0.3, -0.25) is 19.1 Å². The lowest BCUT2D eigenvalue weighted by Gasteiger charge is -2.32. The molecule has 2 saturated carbocycles. The molecular formula is C36H47N5O9S. The van der Waals surface area contributed by atoms with Gasteiger partial charge in [-0.15, -0.1) is 0 Å². The molecule has 7 atom stereocenters. The number of allylic oxidation sites excluding steroid dienone is 1. The molecule has 0 unspecified atom stereocenters. The van der Waals surface area contributed by atoms with Crippen molar-refractivity contribution < 1.29 is 42.2 Å². The van der Waals surface area contributed by atoms with Crippen LogP contribution in [-0.4, -0.2) is 88.8 Å². The van der Waals surface area contributed by atoms with Crippen molar-refractivity contribution >= 4 is 44.6 Å². The number of sulfonamides is 1. The van der Waals surface area contributed by atoms with Gasteiger partial charge in [0.25, 0.3) is 5.91 Å². The minimum absolute atomic E-state index is 0.0149. The first kappa shape index (κ1) is 36.4. The van der Waals surface area contributed by atoms with Crippen LogP contribution in [0.15, 0.2) is 42.6 Å². The van der Waals surface area contributed by atoms with Crippen LogP contribution in [0.25, 0.3) is 10.8 Å². The fraction of sp³-hybridized carbons (Fsp3) is 0.583. The number of carbonyl (C=O) groups excluding carboxylic acids is 3. The Balaban J connectivity index is 1.33. The summed E-state index contributed by atoms with van der Waals surface area (Å²) in [5.74, 6) is -1.92. The summed E-state index contributed by atoms with van der Waals surface area (Å²) in [4.78, 5) is 60.1. The molecule has 4 aliphatic rings. The second-order valence-electron chi connectivity index (χ2n) is 14.8. The topological polar surface area (TPSA) is 193 Å². The van der Waals surface area contributed by atoms with E-state index in [1.807, 2.05) is 64.1 Å². The van der Waals surface area contributed by atoms with Crippen molar-refractivity contribution in [2.75, 3.05) is 6.54 Å². The summed E-state index contributed by atoms with van der Waals surface area (Å²) in [6.07, 6.45) is 6.24. The molecule has 4 amide bonds. The summed E-state index contributed by atoms with van der Waals surface area (Å²) in [6, 6.07) is 5.13. The Kier molecular flexibility index (Phi) is 10.2. The van der Waals surface area contributed by atoms with Gasteiger partial charge < -0.3 is 30.1 Å². The summed E-state index contributed by atoms with van der Waals surface area (Å²) < 4.78 is 40.1.